The Labute approximate surface area is 232 Å². The second-order valence-corrected chi connectivity index (χ2v) is 10.9. The summed E-state index contributed by atoms with van der Waals surface area (Å²) in [6.07, 6.45) is -9.26. The third-order valence-corrected chi connectivity index (χ3v) is 8.20. The second-order valence-electron chi connectivity index (χ2n) is 9.93. The van der Waals surface area contributed by atoms with Gasteiger partial charge < -0.3 is 9.80 Å². The van der Waals surface area contributed by atoms with Gasteiger partial charge in [-0.25, -0.2) is 0 Å². The summed E-state index contributed by atoms with van der Waals surface area (Å²) in [7, 11) is 0. The van der Waals surface area contributed by atoms with E-state index in [0.29, 0.717) is 31.5 Å². The molecule has 2 heterocycles. The zero-order valence-corrected chi connectivity index (χ0v) is 22.9. The number of aryl methyl sites for hydroxylation is 1. The highest BCUT2D eigenvalue weighted by atomic mass is 32.1. The number of thiophene rings is 1. The zero-order chi connectivity index (χ0) is 29.4. The molecule has 0 bridgehead atoms. The van der Waals surface area contributed by atoms with E-state index < -0.39 is 59.5 Å². The van der Waals surface area contributed by atoms with Crippen molar-refractivity contribution < 1.29 is 35.9 Å². The molecule has 4 nitrogen and oxygen atoms in total. The Kier molecular flexibility index (Phi) is 8.35. The fraction of sp³-hybridized carbons (Fsp3) is 0.379. The first-order chi connectivity index (χ1) is 18.7. The van der Waals surface area contributed by atoms with Crippen LogP contribution in [-0.4, -0.2) is 40.7 Å². The minimum Gasteiger partial charge on any atom is -0.330 e. The summed E-state index contributed by atoms with van der Waals surface area (Å²) < 4.78 is 80.7. The molecule has 0 unspecified atom stereocenters. The Balaban J connectivity index is 1.70. The summed E-state index contributed by atoms with van der Waals surface area (Å²) in [5.74, 6) is -1.52. The van der Waals surface area contributed by atoms with Crippen LogP contribution in [0.2, 0.25) is 0 Å². The standard InChI is InChI=1S/C29H28F6N2O2S/c1-4-18(3)37(27(39)20-13-21(28(30,31)32)15-22(14-20)29(33,34)35)16-25(38)36-11-9-24-23(10-12-40-24)26(36)19-7-5-17(2)6-8-19/h5-8,10,12-15,18,26H,4,9,11,16H2,1-3H3/t18-,26-/m0/s1. The third kappa shape index (κ3) is 6.19. The predicted octanol–water partition coefficient (Wildman–Crippen LogP) is 7.51. The molecule has 1 aliphatic rings. The molecule has 4 rings (SSSR count). The van der Waals surface area contributed by atoms with Crippen LogP contribution in [-0.2, 0) is 23.6 Å². The molecule has 0 saturated carbocycles. The molecule has 3 aromatic rings. The zero-order valence-electron chi connectivity index (χ0n) is 22.1. The Bertz CT molecular complexity index is 1350. The molecule has 214 valence electrons. The molecular formula is C29H28F6N2O2S. The maximum atomic E-state index is 13.8. The van der Waals surface area contributed by atoms with Crippen LogP contribution in [0.5, 0.6) is 0 Å². The first-order valence-electron chi connectivity index (χ1n) is 12.7. The summed E-state index contributed by atoms with van der Waals surface area (Å²) in [4.78, 5) is 31.1. The van der Waals surface area contributed by atoms with Crippen LogP contribution >= 0.6 is 11.3 Å². The van der Waals surface area contributed by atoms with Gasteiger partial charge in [-0.2, -0.15) is 26.3 Å². The quantitative estimate of drug-likeness (QED) is 0.282. The number of rotatable bonds is 6. The average molecular weight is 583 g/mol. The molecule has 2 amide bonds. The van der Waals surface area contributed by atoms with Gasteiger partial charge in [0.2, 0.25) is 5.91 Å². The molecule has 11 heteroatoms. The number of amides is 2. The molecule has 1 aliphatic heterocycles. The SMILES string of the molecule is CC[C@H](C)N(CC(=O)N1CCc2sccc2[C@@H]1c1ccc(C)cc1)C(=O)c1cc(C(F)(F)F)cc(C(F)(F)F)c1. The summed E-state index contributed by atoms with van der Waals surface area (Å²) >= 11 is 1.59. The molecule has 0 saturated heterocycles. The Morgan fingerprint density at radius 1 is 1.00 bits per heavy atom. The molecule has 0 fully saturated rings. The van der Waals surface area contributed by atoms with Crippen molar-refractivity contribution in [2.45, 2.75) is 58.0 Å². The van der Waals surface area contributed by atoms with Crippen LogP contribution in [0.4, 0.5) is 26.3 Å². The predicted molar refractivity (Wildman–Crippen MR) is 140 cm³/mol. The summed E-state index contributed by atoms with van der Waals surface area (Å²) in [6, 6.07) is 9.39. The average Bonchev–Trinajstić information content (AvgIpc) is 3.38. The normalized spacial score (nSPS) is 16.4. The second kappa shape index (κ2) is 11.3. The summed E-state index contributed by atoms with van der Waals surface area (Å²) in [6.45, 7) is 5.13. The number of benzene rings is 2. The van der Waals surface area contributed by atoms with E-state index in [0.717, 1.165) is 26.5 Å². The van der Waals surface area contributed by atoms with Crippen molar-refractivity contribution in [2.75, 3.05) is 13.1 Å². The minimum absolute atomic E-state index is 0.0200. The van der Waals surface area contributed by atoms with E-state index in [1.807, 2.05) is 42.6 Å². The first-order valence-corrected chi connectivity index (χ1v) is 13.6. The van der Waals surface area contributed by atoms with Crippen molar-refractivity contribution in [3.8, 4) is 0 Å². The fourth-order valence-electron chi connectivity index (χ4n) is 4.82. The van der Waals surface area contributed by atoms with E-state index in [-0.39, 0.29) is 6.07 Å². The Morgan fingerprint density at radius 2 is 1.60 bits per heavy atom. The third-order valence-electron chi connectivity index (χ3n) is 7.20. The molecule has 0 spiro atoms. The van der Waals surface area contributed by atoms with Crippen molar-refractivity contribution in [3.63, 3.8) is 0 Å². The van der Waals surface area contributed by atoms with Crippen molar-refractivity contribution in [1.29, 1.82) is 0 Å². The monoisotopic (exact) mass is 582 g/mol. The lowest BCUT2D eigenvalue weighted by molar-refractivity contribution is -0.143. The number of halogens is 6. The number of carbonyl (C=O) groups excluding carboxylic acids is 2. The molecule has 2 atom stereocenters. The molecule has 2 aromatic carbocycles. The van der Waals surface area contributed by atoms with Gasteiger partial charge in [0.05, 0.1) is 17.2 Å². The van der Waals surface area contributed by atoms with Crippen LogP contribution in [0, 0.1) is 6.92 Å². The van der Waals surface area contributed by atoms with Gasteiger partial charge in [0.25, 0.3) is 5.91 Å². The van der Waals surface area contributed by atoms with Crippen molar-refractivity contribution >= 4 is 23.2 Å². The van der Waals surface area contributed by atoms with Crippen molar-refractivity contribution in [3.05, 3.63) is 92.2 Å². The molecular weight excluding hydrogens is 554 g/mol. The molecule has 40 heavy (non-hydrogen) atoms. The summed E-state index contributed by atoms with van der Waals surface area (Å²) in [5.41, 5.74) is -1.07. The van der Waals surface area contributed by atoms with Crippen LogP contribution in [0.25, 0.3) is 0 Å². The first kappa shape index (κ1) is 29.6. The van der Waals surface area contributed by atoms with E-state index in [1.54, 1.807) is 30.1 Å². The Hall–Kier alpha value is -3.34. The van der Waals surface area contributed by atoms with Gasteiger partial charge in [0, 0.05) is 23.0 Å². The smallest absolute Gasteiger partial charge is 0.330 e. The van der Waals surface area contributed by atoms with E-state index in [4.69, 9.17) is 0 Å². The van der Waals surface area contributed by atoms with E-state index >= 15 is 0 Å². The van der Waals surface area contributed by atoms with Crippen molar-refractivity contribution in [2.24, 2.45) is 0 Å². The number of fused-ring (bicyclic) bond motifs is 1. The fourth-order valence-corrected chi connectivity index (χ4v) is 5.73. The van der Waals surface area contributed by atoms with Crippen LogP contribution in [0.1, 0.15) is 69.4 Å². The molecule has 1 aromatic heterocycles. The topological polar surface area (TPSA) is 40.6 Å². The van der Waals surface area contributed by atoms with Crippen LogP contribution in [0.15, 0.2) is 53.9 Å². The lowest BCUT2D eigenvalue weighted by Crippen LogP contribution is -2.49. The molecule has 0 radical (unpaired) electrons. The van der Waals surface area contributed by atoms with E-state index in [1.165, 1.54) is 0 Å². The maximum Gasteiger partial charge on any atom is 0.416 e. The van der Waals surface area contributed by atoms with Gasteiger partial charge in [-0.1, -0.05) is 36.8 Å². The highest BCUT2D eigenvalue weighted by Crippen LogP contribution is 2.39. The largest absolute Gasteiger partial charge is 0.416 e. The Morgan fingerprint density at radius 3 is 2.15 bits per heavy atom. The van der Waals surface area contributed by atoms with Gasteiger partial charge in [-0.3, -0.25) is 9.59 Å². The maximum absolute atomic E-state index is 13.8. The van der Waals surface area contributed by atoms with Gasteiger partial charge in [-0.05, 0) is 67.5 Å². The van der Waals surface area contributed by atoms with Gasteiger partial charge in [-0.15, -0.1) is 11.3 Å². The lowest BCUT2D eigenvalue weighted by atomic mass is 9.92. The van der Waals surface area contributed by atoms with Gasteiger partial charge in [0.15, 0.2) is 0 Å². The highest BCUT2D eigenvalue weighted by Gasteiger charge is 2.39. The molecule has 0 aliphatic carbocycles. The minimum atomic E-state index is -5.10. The van der Waals surface area contributed by atoms with Crippen molar-refractivity contribution in [1.82, 2.24) is 9.80 Å². The number of alkyl halides is 6. The van der Waals surface area contributed by atoms with Gasteiger partial charge >= 0.3 is 12.4 Å². The number of carbonyl (C=O) groups is 2. The van der Waals surface area contributed by atoms with E-state index in [9.17, 15) is 35.9 Å². The molecule has 0 N–H and O–H groups in total. The highest BCUT2D eigenvalue weighted by molar-refractivity contribution is 7.10. The summed E-state index contributed by atoms with van der Waals surface area (Å²) in [5, 5.41) is 1.95. The number of hydrogen-bond acceptors (Lipinski definition) is 3. The van der Waals surface area contributed by atoms with Crippen LogP contribution in [0.3, 0.4) is 0 Å². The van der Waals surface area contributed by atoms with E-state index in [2.05, 4.69) is 0 Å². The van der Waals surface area contributed by atoms with Gasteiger partial charge in [0.1, 0.15) is 6.54 Å². The number of hydrogen-bond donors (Lipinski definition) is 0. The number of nitrogens with zero attached hydrogens (tertiary/aromatic N) is 2. The van der Waals surface area contributed by atoms with Crippen LogP contribution < -0.4 is 0 Å². The lowest BCUT2D eigenvalue weighted by Gasteiger charge is -2.38.